The molecule has 2 aliphatic carbocycles. The number of nitrogens with zero attached hydrogens (tertiary/aromatic N) is 3. The zero-order chi connectivity index (χ0) is 33.1. The van der Waals surface area contributed by atoms with Crippen LogP contribution in [0.2, 0.25) is 0 Å². The molecule has 2 bridgehead atoms. The maximum Gasteiger partial charge on any atom is 0.408 e. The summed E-state index contributed by atoms with van der Waals surface area (Å²) in [5.41, 5.74) is 1.18. The highest BCUT2D eigenvalue weighted by molar-refractivity contribution is 5.92. The molecule has 4 aliphatic rings. The molecule has 3 fully saturated rings. The minimum Gasteiger partial charge on any atom is -0.497 e. The second kappa shape index (κ2) is 11.9. The minimum atomic E-state index is -2.73. The third-order valence-electron chi connectivity index (χ3n) is 10.4. The number of hydrogen-bond donors (Lipinski definition) is 1. The number of ether oxygens (including phenoxy) is 3. The van der Waals surface area contributed by atoms with Crippen LogP contribution in [0.1, 0.15) is 72.4 Å². The number of nitrogens with one attached hydrogen (secondary N) is 1. The topological polar surface area (TPSA) is 120 Å². The highest BCUT2D eigenvalue weighted by Crippen LogP contribution is 2.68. The summed E-state index contributed by atoms with van der Waals surface area (Å²) in [6.07, 6.45) is 1.34. The van der Waals surface area contributed by atoms with Crippen molar-refractivity contribution in [3.05, 3.63) is 23.9 Å². The number of alkyl carbamates (subject to hydrolysis) is 1. The van der Waals surface area contributed by atoms with E-state index >= 15 is 0 Å². The van der Waals surface area contributed by atoms with Gasteiger partial charge in [-0.25, -0.2) is 23.5 Å². The van der Waals surface area contributed by atoms with Gasteiger partial charge in [-0.15, -0.1) is 0 Å². The van der Waals surface area contributed by atoms with Gasteiger partial charge in [-0.05, 0) is 50.2 Å². The van der Waals surface area contributed by atoms with Crippen LogP contribution in [-0.2, 0) is 20.7 Å². The van der Waals surface area contributed by atoms with Crippen molar-refractivity contribution in [1.82, 2.24) is 20.2 Å². The molecule has 0 spiro atoms. The van der Waals surface area contributed by atoms with Crippen LogP contribution in [0.15, 0.2) is 18.2 Å². The van der Waals surface area contributed by atoms with E-state index in [0.717, 1.165) is 12.8 Å². The van der Waals surface area contributed by atoms with Crippen molar-refractivity contribution in [2.45, 2.75) is 103 Å². The predicted octanol–water partition coefficient (Wildman–Crippen LogP) is 5.35. The van der Waals surface area contributed by atoms with Crippen LogP contribution in [0.3, 0.4) is 0 Å². The van der Waals surface area contributed by atoms with Gasteiger partial charge in [0.2, 0.25) is 11.8 Å². The number of aryl methyl sites for hydroxylation is 1. The van der Waals surface area contributed by atoms with Crippen molar-refractivity contribution in [2.75, 3.05) is 13.7 Å². The number of carbonyl (C=O) groups excluding carboxylic acids is 3. The monoisotopic (exact) mass is 642 g/mol. The average molecular weight is 643 g/mol. The molecule has 1 N–H and O–H groups in total. The Balaban J connectivity index is 1.36. The van der Waals surface area contributed by atoms with Crippen LogP contribution >= 0.6 is 0 Å². The molecule has 1 aromatic carbocycles. The van der Waals surface area contributed by atoms with E-state index < -0.39 is 65.4 Å². The maximum absolute atomic E-state index is 14.5. The van der Waals surface area contributed by atoms with Crippen LogP contribution in [0.25, 0.3) is 11.0 Å². The Kier molecular flexibility index (Phi) is 8.38. The number of alkyl halides is 2. The van der Waals surface area contributed by atoms with E-state index in [1.54, 1.807) is 13.2 Å². The number of amides is 2. The lowest BCUT2D eigenvalue weighted by molar-refractivity contribution is -0.141. The normalized spacial score (nSPS) is 33.0. The van der Waals surface area contributed by atoms with E-state index in [1.807, 2.05) is 39.8 Å². The zero-order valence-electron chi connectivity index (χ0n) is 27.3. The SMILES string of the molecule is COc1ccc2nc3c(nc2c1)O[C@H]1CN(C(=O)[C@H](C(C)(C)C)NC(=O)O[C@@H]2CC4C([C@H]2CCCCC3)C4(F)F)[C@H](C(C)=O)[C@@H]1C. The molecule has 250 valence electrons. The molecule has 6 rings (SSSR count). The van der Waals surface area contributed by atoms with Crippen molar-refractivity contribution in [3.63, 3.8) is 0 Å². The maximum atomic E-state index is 14.5. The highest BCUT2D eigenvalue weighted by Gasteiger charge is 2.76. The molecule has 46 heavy (non-hydrogen) atoms. The fourth-order valence-corrected chi connectivity index (χ4v) is 7.92. The van der Waals surface area contributed by atoms with Gasteiger partial charge >= 0.3 is 6.09 Å². The summed E-state index contributed by atoms with van der Waals surface area (Å²) in [4.78, 5) is 51.7. The van der Waals surface area contributed by atoms with Gasteiger partial charge in [-0.3, -0.25) is 9.59 Å². The van der Waals surface area contributed by atoms with Crippen molar-refractivity contribution < 1.29 is 37.4 Å². The molecule has 2 unspecified atom stereocenters. The minimum absolute atomic E-state index is 0.105. The highest BCUT2D eigenvalue weighted by atomic mass is 19.3. The molecule has 10 nitrogen and oxygen atoms in total. The quantitative estimate of drug-likeness (QED) is 0.466. The molecule has 2 aliphatic heterocycles. The van der Waals surface area contributed by atoms with Gasteiger partial charge in [0, 0.05) is 29.7 Å². The molecule has 3 heterocycles. The lowest BCUT2D eigenvalue weighted by Crippen LogP contribution is -2.57. The Bertz CT molecular complexity index is 1530. The van der Waals surface area contributed by atoms with Gasteiger partial charge in [0.15, 0.2) is 5.78 Å². The van der Waals surface area contributed by atoms with Gasteiger partial charge in [0.05, 0.1) is 30.7 Å². The molecule has 1 aromatic heterocycles. The van der Waals surface area contributed by atoms with Gasteiger partial charge in [-0.1, -0.05) is 40.5 Å². The second-order valence-electron chi connectivity index (χ2n) is 14.6. The van der Waals surface area contributed by atoms with Gasteiger partial charge in [0.1, 0.15) is 29.7 Å². The van der Waals surface area contributed by atoms with Crippen LogP contribution < -0.4 is 14.8 Å². The summed E-state index contributed by atoms with van der Waals surface area (Å²) in [6, 6.07) is 3.61. The summed E-state index contributed by atoms with van der Waals surface area (Å²) >= 11 is 0. The van der Waals surface area contributed by atoms with Crippen LogP contribution in [0.4, 0.5) is 13.6 Å². The van der Waals surface area contributed by atoms with E-state index in [-0.39, 0.29) is 24.7 Å². The lowest BCUT2D eigenvalue weighted by Gasteiger charge is -2.35. The Morgan fingerprint density at radius 2 is 1.85 bits per heavy atom. The van der Waals surface area contributed by atoms with Crippen molar-refractivity contribution >= 4 is 28.8 Å². The molecular formula is C34H44F2N4O6. The zero-order valence-corrected chi connectivity index (χ0v) is 27.3. The van der Waals surface area contributed by atoms with E-state index in [2.05, 4.69) is 5.32 Å². The molecule has 8 atom stereocenters. The number of methoxy groups -OCH3 is 1. The Hall–Kier alpha value is -3.57. The van der Waals surface area contributed by atoms with Crippen molar-refractivity contribution in [2.24, 2.45) is 29.1 Å². The predicted molar refractivity (Wildman–Crippen MR) is 165 cm³/mol. The largest absolute Gasteiger partial charge is 0.497 e. The number of aromatic nitrogens is 2. The van der Waals surface area contributed by atoms with Gasteiger partial charge < -0.3 is 24.4 Å². The average Bonchev–Trinajstić information content (AvgIpc) is 3.23. The first kappa shape index (κ1) is 32.4. The number of Topliss-reactive ketones (excluding diaryl/α,β-unsaturated/α-hetero) is 1. The fourth-order valence-electron chi connectivity index (χ4n) is 7.92. The second-order valence-corrected chi connectivity index (χ2v) is 14.6. The molecule has 1 saturated heterocycles. The summed E-state index contributed by atoms with van der Waals surface area (Å²) in [5.74, 6) is -4.81. The number of hydrogen-bond acceptors (Lipinski definition) is 8. The number of rotatable bonds is 2. The summed E-state index contributed by atoms with van der Waals surface area (Å²) < 4.78 is 46.8. The Morgan fingerprint density at radius 1 is 1.09 bits per heavy atom. The molecule has 2 amide bonds. The number of carbonyl (C=O) groups is 3. The first-order valence-electron chi connectivity index (χ1n) is 16.4. The van der Waals surface area contributed by atoms with E-state index in [0.29, 0.717) is 47.6 Å². The number of benzene rings is 1. The summed E-state index contributed by atoms with van der Waals surface area (Å²) in [7, 11) is 1.57. The lowest BCUT2D eigenvalue weighted by atomic mass is 9.85. The third kappa shape index (κ3) is 5.88. The standard InChI is InChI=1S/C34H44F2N4O6/c1-17-26-16-40(28(17)18(2)41)31(42)29(33(3,4)5)39-32(43)46-25-15-21-27(34(21,35)36)20(25)10-8-7-9-11-23-30(45-26)38-24-14-19(44-6)12-13-22(24)37-23/h12-14,17,20-21,25-29H,7-11,15-16H2,1-6H3,(H,39,43)/t17-,20+,21?,25-,26+,27?,28+,29-/m1/s1. The van der Waals surface area contributed by atoms with Crippen molar-refractivity contribution in [1.29, 1.82) is 0 Å². The summed E-state index contributed by atoms with van der Waals surface area (Å²) in [5, 5.41) is 2.75. The number of halogens is 2. The summed E-state index contributed by atoms with van der Waals surface area (Å²) in [6.45, 7) is 8.88. The fraction of sp³-hybridized carbons (Fsp3) is 0.676. The first-order valence-corrected chi connectivity index (χ1v) is 16.4. The number of fused-ring (bicyclic) bond motifs is 7. The van der Waals surface area contributed by atoms with Crippen molar-refractivity contribution in [3.8, 4) is 11.6 Å². The smallest absolute Gasteiger partial charge is 0.408 e. The molecule has 2 saturated carbocycles. The molecule has 2 aromatic rings. The van der Waals surface area contributed by atoms with Crippen LogP contribution in [0.5, 0.6) is 11.6 Å². The van der Waals surface area contributed by atoms with Gasteiger partial charge in [-0.2, -0.15) is 0 Å². The first-order chi connectivity index (χ1) is 21.7. The Morgan fingerprint density at radius 3 is 2.54 bits per heavy atom. The Labute approximate surface area is 267 Å². The number of ketones is 1. The molecule has 12 heteroatoms. The van der Waals surface area contributed by atoms with Gasteiger partial charge in [0.25, 0.3) is 5.92 Å². The van der Waals surface area contributed by atoms with Crippen LogP contribution in [-0.4, -0.2) is 76.5 Å². The molecular weight excluding hydrogens is 598 g/mol. The van der Waals surface area contributed by atoms with Crippen LogP contribution in [0, 0.1) is 29.1 Å². The van der Waals surface area contributed by atoms with E-state index in [1.165, 1.54) is 11.8 Å². The van der Waals surface area contributed by atoms with E-state index in [4.69, 9.17) is 24.2 Å². The van der Waals surface area contributed by atoms with E-state index in [9.17, 15) is 23.2 Å². The third-order valence-corrected chi connectivity index (χ3v) is 10.4. The molecule has 0 radical (unpaired) electrons.